The van der Waals surface area contributed by atoms with E-state index in [0.29, 0.717) is 23.8 Å². The van der Waals surface area contributed by atoms with Crippen molar-refractivity contribution >= 4 is 27.7 Å². The maximum Gasteiger partial charge on any atom is 0.255 e. The number of carbonyl (C=O) groups excluding carboxylic acids is 1. The third-order valence-corrected chi connectivity index (χ3v) is 6.06. The van der Waals surface area contributed by atoms with Crippen LogP contribution in [0, 0.1) is 0 Å². The summed E-state index contributed by atoms with van der Waals surface area (Å²) >= 11 is 0. The van der Waals surface area contributed by atoms with Crippen LogP contribution in [0.2, 0.25) is 0 Å². The maximum absolute atomic E-state index is 12.4. The van der Waals surface area contributed by atoms with Crippen LogP contribution in [0.1, 0.15) is 35.7 Å². The second-order valence-electron chi connectivity index (χ2n) is 7.07. The Hall–Kier alpha value is -2.64. The molecule has 0 saturated carbocycles. The summed E-state index contributed by atoms with van der Waals surface area (Å²) < 4.78 is 26.9. The molecule has 1 amide bonds. The van der Waals surface area contributed by atoms with E-state index in [4.69, 9.17) is 0 Å². The normalized spacial score (nSPS) is 17.5. The number of amides is 1. The molecule has 3 rings (SSSR count). The smallest absolute Gasteiger partial charge is 0.255 e. The van der Waals surface area contributed by atoms with Crippen LogP contribution in [0.3, 0.4) is 0 Å². The molecule has 6 nitrogen and oxygen atoms in total. The van der Waals surface area contributed by atoms with Crippen LogP contribution in [0.25, 0.3) is 6.08 Å². The number of carbonyl (C=O) groups is 1. The number of likely N-dealkylation sites (tertiary alicyclic amines) is 1. The van der Waals surface area contributed by atoms with Gasteiger partial charge in [-0.2, -0.15) is 0 Å². The van der Waals surface area contributed by atoms with E-state index in [1.54, 1.807) is 24.3 Å². The zero-order valence-electron chi connectivity index (χ0n) is 16.5. The number of likely N-dealkylation sites (N-methyl/N-ethyl adjacent to an activating group) is 1. The lowest BCUT2D eigenvalue weighted by Gasteiger charge is -2.22. The predicted molar refractivity (Wildman–Crippen MR) is 117 cm³/mol. The van der Waals surface area contributed by atoms with Crippen LogP contribution in [0.4, 0.5) is 5.69 Å². The van der Waals surface area contributed by atoms with Gasteiger partial charge in [0.05, 0.1) is 5.41 Å². The second kappa shape index (κ2) is 9.71. The van der Waals surface area contributed by atoms with Crippen LogP contribution >= 0.6 is 0 Å². The molecular formula is C22H27N3O3S. The van der Waals surface area contributed by atoms with Gasteiger partial charge in [0.25, 0.3) is 15.9 Å². The first-order valence-electron chi connectivity index (χ1n) is 9.85. The Kier molecular flexibility index (Phi) is 7.06. The lowest BCUT2D eigenvalue weighted by Crippen LogP contribution is -2.40. The van der Waals surface area contributed by atoms with Crippen molar-refractivity contribution in [1.29, 1.82) is 0 Å². The van der Waals surface area contributed by atoms with Gasteiger partial charge in [0.1, 0.15) is 0 Å². The van der Waals surface area contributed by atoms with E-state index in [1.807, 2.05) is 30.3 Å². The van der Waals surface area contributed by atoms with Crippen molar-refractivity contribution in [3.63, 3.8) is 0 Å². The summed E-state index contributed by atoms with van der Waals surface area (Å²) in [6.07, 6.45) is 3.81. The summed E-state index contributed by atoms with van der Waals surface area (Å²) in [6, 6.07) is 16.0. The van der Waals surface area contributed by atoms with Crippen molar-refractivity contribution in [2.45, 2.75) is 25.8 Å². The number of hydrogen-bond donors (Lipinski definition) is 2. The molecule has 2 aromatic rings. The molecule has 2 aromatic carbocycles. The first-order valence-corrected chi connectivity index (χ1v) is 11.4. The Labute approximate surface area is 172 Å². The maximum atomic E-state index is 12.4. The van der Waals surface area contributed by atoms with Gasteiger partial charge in [-0.1, -0.05) is 37.3 Å². The Morgan fingerprint density at radius 2 is 1.86 bits per heavy atom. The van der Waals surface area contributed by atoms with Gasteiger partial charge in [-0.05, 0) is 61.8 Å². The van der Waals surface area contributed by atoms with E-state index in [2.05, 4.69) is 21.9 Å². The third kappa shape index (κ3) is 6.17. The van der Waals surface area contributed by atoms with Gasteiger partial charge in [0.2, 0.25) is 0 Å². The van der Waals surface area contributed by atoms with Gasteiger partial charge in [-0.3, -0.25) is 14.4 Å². The number of rotatable bonds is 8. The highest BCUT2D eigenvalue weighted by atomic mass is 32.2. The van der Waals surface area contributed by atoms with Crippen LogP contribution in [-0.2, 0) is 10.0 Å². The average molecular weight is 414 g/mol. The van der Waals surface area contributed by atoms with Crippen molar-refractivity contribution in [3.05, 3.63) is 71.1 Å². The van der Waals surface area contributed by atoms with E-state index in [9.17, 15) is 13.2 Å². The largest absolute Gasteiger partial charge is 0.350 e. The number of benzene rings is 2. The molecule has 0 bridgehead atoms. The Morgan fingerprint density at radius 3 is 2.55 bits per heavy atom. The zero-order valence-corrected chi connectivity index (χ0v) is 17.4. The minimum atomic E-state index is -3.63. The van der Waals surface area contributed by atoms with Gasteiger partial charge in [0, 0.05) is 23.8 Å². The molecule has 0 spiro atoms. The molecule has 1 heterocycles. The van der Waals surface area contributed by atoms with E-state index in [0.717, 1.165) is 30.5 Å². The van der Waals surface area contributed by atoms with Crippen LogP contribution < -0.4 is 10.0 Å². The van der Waals surface area contributed by atoms with Gasteiger partial charge < -0.3 is 5.32 Å². The summed E-state index contributed by atoms with van der Waals surface area (Å²) in [7, 11) is -3.63. The molecule has 0 aliphatic carbocycles. The van der Waals surface area contributed by atoms with E-state index in [-0.39, 0.29) is 5.91 Å². The molecule has 0 aromatic heterocycles. The second-order valence-corrected chi connectivity index (χ2v) is 8.64. The molecule has 1 aliphatic rings. The molecule has 7 heteroatoms. The minimum absolute atomic E-state index is 0.147. The standard InChI is InChI=1S/C22H27N3O3S/c1-2-25-15-6-9-21(25)17-23-22(26)19-10-12-20(13-11-19)24-29(27,28)16-14-18-7-4-3-5-8-18/h3-5,7-8,10-14,16,21,24H,2,6,9,15,17H2,1H3,(H,23,26)/b16-14+. The molecule has 1 saturated heterocycles. The fourth-order valence-corrected chi connectivity index (χ4v) is 4.34. The number of nitrogens with zero attached hydrogens (tertiary/aromatic N) is 1. The molecule has 29 heavy (non-hydrogen) atoms. The Balaban J connectivity index is 1.55. The van der Waals surface area contributed by atoms with Crippen molar-refractivity contribution in [2.24, 2.45) is 0 Å². The molecule has 154 valence electrons. The first-order chi connectivity index (χ1) is 14.0. The predicted octanol–water partition coefficient (Wildman–Crippen LogP) is 3.31. The monoisotopic (exact) mass is 413 g/mol. The molecule has 1 fully saturated rings. The molecule has 1 unspecified atom stereocenters. The first kappa shape index (κ1) is 21.1. The summed E-state index contributed by atoms with van der Waals surface area (Å²) in [5, 5.41) is 4.11. The zero-order chi connectivity index (χ0) is 20.7. The van der Waals surface area contributed by atoms with Crippen molar-refractivity contribution in [1.82, 2.24) is 10.2 Å². The van der Waals surface area contributed by atoms with E-state index in [1.165, 1.54) is 12.5 Å². The fraction of sp³-hybridized carbons (Fsp3) is 0.318. The average Bonchev–Trinajstić information content (AvgIpc) is 3.19. The van der Waals surface area contributed by atoms with Crippen molar-refractivity contribution in [3.8, 4) is 0 Å². The summed E-state index contributed by atoms with van der Waals surface area (Å²) in [4.78, 5) is 14.7. The van der Waals surface area contributed by atoms with Crippen LogP contribution in [0.5, 0.6) is 0 Å². The van der Waals surface area contributed by atoms with E-state index < -0.39 is 10.0 Å². The summed E-state index contributed by atoms with van der Waals surface area (Å²) in [6.45, 7) is 4.85. The topological polar surface area (TPSA) is 78.5 Å². The quantitative estimate of drug-likeness (QED) is 0.696. The molecule has 0 radical (unpaired) electrons. The highest BCUT2D eigenvalue weighted by molar-refractivity contribution is 7.95. The summed E-state index contributed by atoms with van der Waals surface area (Å²) in [5.41, 5.74) is 1.72. The Bertz CT molecular complexity index is 941. The van der Waals surface area contributed by atoms with Crippen LogP contribution in [-0.4, -0.2) is 44.9 Å². The van der Waals surface area contributed by atoms with Gasteiger partial charge in [-0.15, -0.1) is 0 Å². The lowest BCUT2D eigenvalue weighted by atomic mass is 10.1. The number of hydrogen-bond acceptors (Lipinski definition) is 4. The van der Waals surface area contributed by atoms with Crippen molar-refractivity contribution < 1.29 is 13.2 Å². The van der Waals surface area contributed by atoms with Crippen molar-refractivity contribution in [2.75, 3.05) is 24.4 Å². The highest BCUT2D eigenvalue weighted by Gasteiger charge is 2.23. The Morgan fingerprint density at radius 1 is 1.14 bits per heavy atom. The lowest BCUT2D eigenvalue weighted by molar-refractivity contribution is 0.0941. The number of anilines is 1. The molecule has 1 atom stereocenters. The van der Waals surface area contributed by atoms with Gasteiger partial charge in [0.15, 0.2) is 0 Å². The SMILES string of the molecule is CCN1CCCC1CNC(=O)c1ccc(NS(=O)(=O)/C=C/c2ccccc2)cc1. The summed E-state index contributed by atoms with van der Waals surface area (Å²) in [5.74, 6) is -0.147. The minimum Gasteiger partial charge on any atom is -0.350 e. The number of nitrogens with one attached hydrogen (secondary N) is 2. The van der Waals surface area contributed by atoms with Gasteiger partial charge >= 0.3 is 0 Å². The van der Waals surface area contributed by atoms with Gasteiger partial charge in [-0.25, -0.2) is 8.42 Å². The third-order valence-electron chi connectivity index (χ3n) is 5.05. The van der Waals surface area contributed by atoms with Crippen LogP contribution in [0.15, 0.2) is 60.0 Å². The molecule has 2 N–H and O–H groups in total. The molecular weight excluding hydrogens is 386 g/mol. The highest BCUT2D eigenvalue weighted by Crippen LogP contribution is 2.16. The fourth-order valence-electron chi connectivity index (χ4n) is 3.48. The molecule has 1 aliphatic heterocycles. The number of sulfonamides is 1. The van der Waals surface area contributed by atoms with E-state index >= 15 is 0 Å².